The molecule has 3 N–H and O–H groups in total. The summed E-state index contributed by atoms with van der Waals surface area (Å²) in [6, 6.07) is 1.98. The summed E-state index contributed by atoms with van der Waals surface area (Å²) < 4.78 is 43.3. The van der Waals surface area contributed by atoms with Crippen molar-refractivity contribution < 1.29 is 28.2 Å². The first kappa shape index (κ1) is 24.6. The highest BCUT2D eigenvalue weighted by atomic mass is 35.5. The number of benzene rings is 1. The zero-order valence-corrected chi connectivity index (χ0v) is 19.2. The van der Waals surface area contributed by atoms with Crippen LogP contribution in [-0.4, -0.2) is 26.2 Å². The zero-order chi connectivity index (χ0) is 25.5. The van der Waals surface area contributed by atoms with E-state index in [9.17, 15) is 28.0 Å². The molecular formula is C23H15ClF3N3O4S. The fourth-order valence-electron chi connectivity index (χ4n) is 3.85. The summed E-state index contributed by atoms with van der Waals surface area (Å²) in [6.07, 6.45) is 3.51. The summed E-state index contributed by atoms with van der Waals surface area (Å²) >= 11 is 6.47. The lowest BCUT2D eigenvalue weighted by Gasteiger charge is -2.21. The van der Waals surface area contributed by atoms with Crippen LogP contribution in [0.2, 0.25) is 5.02 Å². The molecule has 1 atom stereocenters. The number of allylic oxidation sites excluding steroid dienone is 2. The minimum atomic E-state index is -1.74. The second-order valence-corrected chi connectivity index (χ2v) is 8.95. The maximum atomic E-state index is 14.5. The van der Waals surface area contributed by atoms with E-state index in [4.69, 9.17) is 16.7 Å². The number of thiophene rings is 1. The van der Waals surface area contributed by atoms with Crippen LogP contribution >= 0.6 is 22.9 Å². The van der Waals surface area contributed by atoms with Gasteiger partial charge in [-0.15, -0.1) is 16.2 Å². The van der Waals surface area contributed by atoms with Gasteiger partial charge >= 0.3 is 5.97 Å². The van der Waals surface area contributed by atoms with Crippen LogP contribution in [0.3, 0.4) is 0 Å². The molecule has 1 aromatic carbocycles. The first-order valence-corrected chi connectivity index (χ1v) is 11.2. The molecule has 7 nitrogen and oxygen atoms in total. The fourth-order valence-corrected chi connectivity index (χ4v) is 4.79. The van der Waals surface area contributed by atoms with E-state index in [1.807, 2.05) is 0 Å². The van der Waals surface area contributed by atoms with Gasteiger partial charge in [0, 0.05) is 16.5 Å². The molecule has 1 aliphatic rings. The zero-order valence-electron chi connectivity index (χ0n) is 17.6. The van der Waals surface area contributed by atoms with Gasteiger partial charge in [-0.3, -0.25) is 0 Å². The lowest BCUT2D eigenvalue weighted by molar-refractivity contribution is 0.0697. The molecule has 35 heavy (non-hydrogen) atoms. The minimum Gasteiger partial charge on any atom is -0.477 e. The monoisotopic (exact) mass is 521 g/mol. The summed E-state index contributed by atoms with van der Waals surface area (Å²) in [7, 11) is 0. The molecule has 0 saturated heterocycles. The van der Waals surface area contributed by atoms with E-state index in [0.29, 0.717) is 16.9 Å². The number of carboxylic acids is 1. The normalized spacial score (nSPS) is 19.5. The van der Waals surface area contributed by atoms with Crippen LogP contribution in [0, 0.1) is 22.4 Å². The molecule has 1 saturated carbocycles. The maximum absolute atomic E-state index is 14.5. The molecule has 1 unspecified atom stereocenters. The number of nitroso groups, excluding NO2 is 1. The van der Waals surface area contributed by atoms with Gasteiger partial charge in [-0.05, 0) is 47.4 Å². The number of H-pyrrole nitrogens is 1. The molecule has 0 spiro atoms. The molecule has 3 aromatic rings. The van der Waals surface area contributed by atoms with E-state index >= 15 is 0 Å². The van der Waals surface area contributed by atoms with Gasteiger partial charge in [0.1, 0.15) is 22.1 Å². The van der Waals surface area contributed by atoms with Gasteiger partial charge in [-0.25, -0.2) is 22.9 Å². The molecule has 4 rings (SSSR count). The molecule has 2 aromatic heterocycles. The Bertz CT molecular complexity index is 1450. The number of carbonyl (C=O) groups is 1. The molecule has 0 amide bonds. The topological polar surface area (TPSA) is 116 Å². The van der Waals surface area contributed by atoms with E-state index in [1.54, 1.807) is 0 Å². The Kier molecular flexibility index (Phi) is 6.50. The summed E-state index contributed by atoms with van der Waals surface area (Å²) in [4.78, 5) is 28.5. The smallest absolute Gasteiger partial charge is 0.348 e. The van der Waals surface area contributed by atoms with E-state index in [0.717, 1.165) is 18.3 Å². The van der Waals surface area contributed by atoms with Crippen molar-refractivity contribution in [1.29, 1.82) is 0 Å². The number of aromatic nitrogens is 2. The standard InChI is InChI=1S/C23H15ClF3N3O4S/c1-10-11(6-12(7-29-34)17-15(25)3-2-14(24)19(17)27)4-5-23(10,33)22-28-8-16(30-22)13-9-35-20(18(13)26)21(31)32/h2-3,6-9,33H,1,4-5H2,(H,28,30)(H,31,32)/b11-6-,12-7+. The second-order valence-electron chi connectivity index (χ2n) is 7.66. The van der Waals surface area contributed by atoms with E-state index in [1.165, 1.54) is 17.7 Å². The number of rotatable bonds is 6. The van der Waals surface area contributed by atoms with Crippen molar-refractivity contribution in [2.45, 2.75) is 18.4 Å². The number of aliphatic hydroxyl groups is 1. The number of nitrogens with zero attached hydrogens (tertiary/aromatic N) is 2. The lowest BCUT2D eigenvalue weighted by atomic mass is 9.94. The van der Waals surface area contributed by atoms with Crippen LogP contribution in [0.25, 0.3) is 16.8 Å². The molecule has 0 radical (unpaired) electrons. The molecular weight excluding hydrogens is 507 g/mol. The van der Waals surface area contributed by atoms with Crippen LogP contribution < -0.4 is 0 Å². The van der Waals surface area contributed by atoms with Crippen molar-refractivity contribution in [3.05, 3.63) is 97.4 Å². The highest BCUT2D eigenvalue weighted by molar-refractivity contribution is 7.12. The quantitative estimate of drug-likeness (QED) is 0.265. The molecule has 12 heteroatoms. The Morgan fingerprint density at radius 3 is 2.71 bits per heavy atom. The number of nitrogens with one attached hydrogen (secondary N) is 1. The molecule has 180 valence electrons. The predicted molar refractivity (Wildman–Crippen MR) is 124 cm³/mol. The third kappa shape index (κ3) is 4.22. The average molecular weight is 522 g/mol. The largest absolute Gasteiger partial charge is 0.477 e. The number of aromatic carboxylic acids is 1. The molecule has 0 bridgehead atoms. The van der Waals surface area contributed by atoms with Gasteiger partial charge < -0.3 is 15.2 Å². The lowest BCUT2D eigenvalue weighted by Crippen LogP contribution is -2.25. The van der Waals surface area contributed by atoms with Gasteiger partial charge in [0.25, 0.3) is 0 Å². The number of halogens is 4. The van der Waals surface area contributed by atoms with Crippen molar-refractivity contribution in [3.63, 3.8) is 0 Å². The summed E-state index contributed by atoms with van der Waals surface area (Å²) in [6.45, 7) is 3.88. The van der Waals surface area contributed by atoms with Crippen LogP contribution in [0.1, 0.15) is 33.9 Å². The Labute approximate surface area is 204 Å². The van der Waals surface area contributed by atoms with Crippen molar-refractivity contribution in [2.75, 3.05) is 0 Å². The maximum Gasteiger partial charge on any atom is 0.348 e. The summed E-state index contributed by atoms with van der Waals surface area (Å²) in [5, 5.41) is 23.9. The minimum absolute atomic E-state index is 0.0162. The summed E-state index contributed by atoms with van der Waals surface area (Å²) in [5.74, 6) is -4.37. The molecule has 1 fully saturated rings. The number of aromatic amines is 1. The van der Waals surface area contributed by atoms with Gasteiger partial charge in [0.2, 0.25) is 0 Å². The molecule has 0 aliphatic heterocycles. The fraction of sp³-hybridized carbons (Fsp3) is 0.130. The van der Waals surface area contributed by atoms with Crippen LogP contribution in [0.15, 0.2) is 58.9 Å². The first-order chi connectivity index (χ1) is 16.6. The van der Waals surface area contributed by atoms with Gasteiger partial charge in [-0.1, -0.05) is 18.2 Å². The second kappa shape index (κ2) is 9.25. The number of hydrogen-bond donors (Lipinski definition) is 3. The third-order valence-corrected chi connectivity index (χ3v) is 6.91. The van der Waals surface area contributed by atoms with Crippen LogP contribution in [0.5, 0.6) is 0 Å². The number of carboxylic acid groups (broad SMARTS) is 1. The predicted octanol–water partition coefficient (Wildman–Crippen LogP) is 6.18. The van der Waals surface area contributed by atoms with Gasteiger partial charge in [0.05, 0.1) is 28.7 Å². The average Bonchev–Trinajstić information content (AvgIpc) is 3.51. The molecule has 1 aliphatic carbocycles. The van der Waals surface area contributed by atoms with Crippen molar-refractivity contribution in [3.8, 4) is 11.3 Å². The highest BCUT2D eigenvalue weighted by Gasteiger charge is 2.42. The number of imidazole rings is 1. The highest BCUT2D eigenvalue weighted by Crippen LogP contribution is 2.46. The Hall–Kier alpha value is -3.54. The third-order valence-electron chi connectivity index (χ3n) is 5.68. The van der Waals surface area contributed by atoms with E-state index < -0.39 is 39.5 Å². The van der Waals surface area contributed by atoms with E-state index in [2.05, 4.69) is 21.7 Å². The van der Waals surface area contributed by atoms with Crippen LogP contribution in [0.4, 0.5) is 13.2 Å². The van der Waals surface area contributed by atoms with Gasteiger partial charge in [0.15, 0.2) is 11.6 Å². The Morgan fingerprint density at radius 2 is 2.06 bits per heavy atom. The van der Waals surface area contributed by atoms with E-state index in [-0.39, 0.29) is 46.1 Å². The Morgan fingerprint density at radius 1 is 1.31 bits per heavy atom. The molecule has 2 heterocycles. The van der Waals surface area contributed by atoms with Gasteiger partial charge in [-0.2, -0.15) is 0 Å². The number of hydrogen-bond acceptors (Lipinski definition) is 6. The first-order valence-electron chi connectivity index (χ1n) is 9.93. The SMILES string of the molecule is C=C1/C(=C\C(=C/N=O)c2c(F)ccc(Cl)c2F)CCC1(O)c1ncc(-c2csc(C(=O)O)c2F)[nH]1. The van der Waals surface area contributed by atoms with Crippen molar-refractivity contribution in [2.24, 2.45) is 5.18 Å². The Balaban J connectivity index is 1.69. The van der Waals surface area contributed by atoms with Crippen molar-refractivity contribution in [1.82, 2.24) is 9.97 Å². The van der Waals surface area contributed by atoms with Crippen molar-refractivity contribution >= 4 is 34.5 Å². The summed E-state index contributed by atoms with van der Waals surface area (Å²) in [5.41, 5.74) is -1.88. The van der Waals surface area contributed by atoms with Crippen LogP contribution in [-0.2, 0) is 5.60 Å².